The largest absolute Gasteiger partial charge is 0.478 e. The van der Waals surface area contributed by atoms with E-state index in [1.54, 1.807) is 12.3 Å². The molecule has 0 fully saturated rings. The van der Waals surface area contributed by atoms with Crippen LogP contribution in [0.2, 0.25) is 0 Å². The zero-order valence-corrected chi connectivity index (χ0v) is 8.42. The Balaban J connectivity index is 2.22. The highest BCUT2D eigenvalue weighted by Gasteiger charge is 2.03. The van der Waals surface area contributed by atoms with Gasteiger partial charge in [0, 0.05) is 11.9 Å². The Labute approximate surface area is 92.6 Å². The predicted octanol–water partition coefficient (Wildman–Crippen LogP) is 2.52. The van der Waals surface area contributed by atoms with E-state index in [1.165, 1.54) is 6.20 Å². The fourth-order valence-corrected chi connectivity index (χ4v) is 1.31. The highest BCUT2D eigenvalue weighted by molar-refractivity contribution is 5.88. The van der Waals surface area contributed by atoms with Crippen LogP contribution in [0.25, 0.3) is 0 Å². The lowest BCUT2D eigenvalue weighted by Gasteiger charge is -2.05. The van der Waals surface area contributed by atoms with Gasteiger partial charge in [-0.25, -0.2) is 4.79 Å². The van der Waals surface area contributed by atoms with Crippen molar-refractivity contribution in [3.63, 3.8) is 0 Å². The summed E-state index contributed by atoms with van der Waals surface area (Å²) in [5.74, 6) is -0.982. The van der Waals surface area contributed by atoms with E-state index in [0.717, 1.165) is 5.69 Å². The van der Waals surface area contributed by atoms with Crippen molar-refractivity contribution >= 4 is 17.3 Å². The minimum atomic E-state index is -0.982. The molecule has 0 aliphatic carbocycles. The third-order valence-corrected chi connectivity index (χ3v) is 2.05. The van der Waals surface area contributed by atoms with Crippen LogP contribution in [0.15, 0.2) is 48.8 Å². The molecule has 4 nitrogen and oxygen atoms in total. The van der Waals surface area contributed by atoms with Gasteiger partial charge in [0.1, 0.15) is 0 Å². The first-order valence-corrected chi connectivity index (χ1v) is 4.76. The Morgan fingerprint density at radius 3 is 2.56 bits per heavy atom. The monoisotopic (exact) mass is 214 g/mol. The number of nitrogens with zero attached hydrogens (tertiary/aromatic N) is 1. The van der Waals surface area contributed by atoms with E-state index in [9.17, 15) is 4.79 Å². The van der Waals surface area contributed by atoms with E-state index >= 15 is 0 Å². The molecule has 1 aromatic heterocycles. The van der Waals surface area contributed by atoms with Gasteiger partial charge in [0.2, 0.25) is 0 Å². The molecule has 0 radical (unpaired) electrons. The fraction of sp³-hybridized carbons (Fsp3) is 0. The molecule has 0 amide bonds. The number of hydrogen-bond acceptors (Lipinski definition) is 3. The minimum absolute atomic E-state index is 0.168. The molecule has 0 unspecified atom stereocenters. The third kappa shape index (κ3) is 2.36. The lowest BCUT2D eigenvalue weighted by Crippen LogP contribution is -1.99. The standard InChI is InChI=1S/C12H10N2O2/c15-12(16)9-6-11(8-13-7-9)14-10-4-2-1-3-5-10/h1-8,14H,(H,15,16). The van der Waals surface area contributed by atoms with Crippen LogP contribution in [0.1, 0.15) is 10.4 Å². The number of aromatic carboxylic acids is 1. The molecule has 80 valence electrons. The first kappa shape index (κ1) is 10.2. The molecule has 0 atom stereocenters. The third-order valence-electron chi connectivity index (χ3n) is 2.05. The number of carboxylic acids is 1. The van der Waals surface area contributed by atoms with E-state index in [2.05, 4.69) is 10.3 Å². The molecule has 0 aliphatic heterocycles. The summed E-state index contributed by atoms with van der Waals surface area (Å²) in [6.45, 7) is 0. The van der Waals surface area contributed by atoms with Gasteiger partial charge in [-0.1, -0.05) is 18.2 Å². The van der Waals surface area contributed by atoms with Gasteiger partial charge in [0.25, 0.3) is 0 Å². The average Bonchev–Trinajstić information content (AvgIpc) is 2.30. The molecular formula is C12H10N2O2. The predicted molar refractivity (Wildman–Crippen MR) is 60.9 cm³/mol. The Kier molecular flexibility index (Phi) is 2.82. The maximum absolute atomic E-state index is 10.7. The van der Waals surface area contributed by atoms with Gasteiger partial charge < -0.3 is 10.4 Å². The second-order valence-corrected chi connectivity index (χ2v) is 3.26. The molecule has 2 N–H and O–H groups in total. The highest BCUT2D eigenvalue weighted by atomic mass is 16.4. The van der Waals surface area contributed by atoms with Crippen LogP contribution >= 0.6 is 0 Å². The number of pyridine rings is 1. The number of hydrogen-bond donors (Lipinski definition) is 2. The van der Waals surface area contributed by atoms with Gasteiger partial charge in [0.15, 0.2) is 0 Å². The summed E-state index contributed by atoms with van der Waals surface area (Å²) in [5, 5.41) is 11.9. The molecule has 1 aromatic carbocycles. The summed E-state index contributed by atoms with van der Waals surface area (Å²) in [7, 11) is 0. The van der Waals surface area contributed by atoms with Gasteiger partial charge in [-0.05, 0) is 18.2 Å². The number of rotatable bonds is 3. The number of carbonyl (C=O) groups is 1. The molecule has 0 bridgehead atoms. The normalized spacial score (nSPS) is 9.75. The first-order valence-electron chi connectivity index (χ1n) is 4.76. The van der Waals surface area contributed by atoms with Crippen LogP contribution in [-0.2, 0) is 0 Å². The molecule has 0 spiro atoms. The van der Waals surface area contributed by atoms with E-state index < -0.39 is 5.97 Å². The van der Waals surface area contributed by atoms with Crippen molar-refractivity contribution in [1.82, 2.24) is 4.98 Å². The van der Waals surface area contributed by atoms with Crippen molar-refractivity contribution in [3.05, 3.63) is 54.4 Å². The Morgan fingerprint density at radius 2 is 1.88 bits per heavy atom. The topological polar surface area (TPSA) is 62.2 Å². The van der Waals surface area contributed by atoms with E-state index in [0.29, 0.717) is 5.69 Å². The Hall–Kier alpha value is -2.36. The van der Waals surface area contributed by atoms with Crippen LogP contribution in [0, 0.1) is 0 Å². The van der Waals surface area contributed by atoms with Crippen LogP contribution in [0.4, 0.5) is 11.4 Å². The summed E-state index contributed by atoms with van der Waals surface area (Å²) >= 11 is 0. The second-order valence-electron chi connectivity index (χ2n) is 3.26. The fourth-order valence-electron chi connectivity index (χ4n) is 1.31. The average molecular weight is 214 g/mol. The van der Waals surface area contributed by atoms with Crippen molar-refractivity contribution in [2.45, 2.75) is 0 Å². The van der Waals surface area contributed by atoms with E-state index in [4.69, 9.17) is 5.11 Å². The Morgan fingerprint density at radius 1 is 1.12 bits per heavy atom. The van der Waals surface area contributed by atoms with Crippen LogP contribution in [-0.4, -0.2) is 16.1 Å². The molecule has 0 aliphatic rings. The summed E-state index contributed by atoms with van der Waals surface area (Å²) < 4.78 is 0. The number of para-hydroxylation sites is 1. The molecular weight excluding hydrogens is 204 g/mol. The molecule has 1 heterocycles. The minimum Gasteiger partial charge on any atom is -0.478 e. The summed E-state index contributed by atoms with van der Waals surface area (Å²) in [6.07, 6.45) is 2.90. The molecule has 2 rings (SSSR count). The van der Waals surface area contributed by atoms with Gasteiger partial charge in [0.05, 0.1) is 17.4 Å². The van der Waals surface area contributed by atoms with Gasteiger partial charge in [-0.3, -0.25) is 4.98 Å². The number of carboxylic acid groups (broad SMARTS) is 1. The molecule has 2 aromatic rings. The van der Waals surface area contributed by atoms with Crippen molar-refractivity contribution in [1.29, 1.82) is 0 Å². The van der Waals surface area contributed by atoms with Crippen molar-refractivity contribution < 1.29 is 9.90 Å². The van der Waals surface area contributed by atoms with Crippen molar-refractivity contribution in [2.75, 3.05) is 5.32 Å². The Bertz CT molecular complexity index is 497. The van der Waals surface area contributed by atoms with Gasteiger partial charge in [-0.2, -0.15) is 0 Å². The number of nitrogens with one attached hydrogen (secondary N) is 1. The summed E-state index contributed by atoms with van der Waals surface area (Å²) in [5.41, 5.74) is 1.72. The zero-order chi connectivity index (χ0) is 11.4. The van der Waals surface area contributed by atoms with Gasteiger partial charge >= 0.3 is 5.97 Å². The summed E-state index contributed by atoms with van der Waals surface area (Å²) in [6, 6.07) is 11.0. The number of anilines is 2. The quantitative estimate of drug-likeness (QED) is 0.824. The van der Waals surface area contributed by atoms with Crippen molar-refractivity contribution in [3.8, 4) is 0 Å². The maximum Gasteiger partial charge on any atom is 0.337 e. The van der Waals surface area contributed by atoms with Gasteiger partial charge in [-0.15, -0.1) is 0 Å². The van der Waals surface area contributed by atoms with E-state index in [-0.39, 0.29) is 5.56 Å². The first-order chi connectivity index (χ1) is 7.75. The highest BCUT2D eigenvalue weighted by Crippen LogP contribution is 2.15. The number of aromatic nitrogens is 1. The lowest BCUT2D eigenvalue weighted by molar-refractivity contribution is 0.0696. The molecule has 4 heteroatoms. The smallest absolute Gasteiger partial charge is 0.337 e. The SMILES string of the molecule is O=C(O)c1cncc(Nc2ccccc2)c1. The van der Waals surface area contributed by atoms with Crippen molar-refractivity contribution in [2.24, 2.45) is 0 Å². The zero-order valence-electron chi connectivity index (χ0n) is 8.42. The molecule has 16 heavy (non-hydrogen) atoms. The van der Waals surface area contributed by atoms with Crippen LogP contribution in [0.3, 0.4) is 0 Å². The maximum atomic E-state index is 10.7. The second kappa shape index (κ2) is 4.44. The van der Waals surface area contributed by atoms with Crippen LogP contribution in [0.5, 0.6) is 0 Å². The lowest BCUT2D eigenvalue weighted by atomic mass is 10.2. The molecule has 0 saturated carbocycles. The summed E-state index contributed by atoms with van der Waals surface area (Å²) in [4.78, 5) is 14.6. The van der Waals surface area contributed by atoms with Crippen LogP contribution < -0.4 is 5.32 Å². The molecule has 0 saturated heterocycles. The van der Waals surface area contributed by atoms with E-state index in [1.807, 2.05) is 30.3 Å². The number of benzene rings is 1.